The Kier molecular flexibility index (Phi) is 5.54. The van der Waals surface area contributed by atoms with Gasteiger partial charge in [0, 0.05) is 18.7 Å². The third-order valence-corrected chi connectivity index (χ3v) is 3.40. The average molecular weight is 324 g/mol. The summed E-state index contributed by atoms with van der Waals surface area (Å²) in [5.74, 6) is -0.291. The van der Waals surface area contributed by atoms with E-state index in [1.54, 1.807) is 23.7 Å². The van der Waals surface area contributed by atoms with Crippen molar-refractivity contribution in [2.24, 2.45) is 0 Å². The summed E-state index contributed by atoms with van der Waals surface area (Å²) in [7, 11) is 1.49. The zero-order valence-corrected chi connectivity index (χ0v) is 13.2. The molecule has 2 N–H and O–H groups in total. The molecule has 0 aliphatic heterocycles. The van der Waals surface area contributed by atoms with Gasteiger partial charge in [0.1, 0.15) is 0 Å². The van der Waals surface area contributed by atoms with Crippen molar-refractivity contribution in [2.45, 2.75) is 13.0 Å². The molecule has 7 heteroatoms. The van der Waals surface area contributed by atoms with Gasteiger partial charge in [0.25, 0.3) is 5.91 Å². The summed E-state index contributed by atoms with van der Waals surface area (Å²) in [6.07, 6.45) is 0.756. The van der Waals surface area contributed by atoms with Crippen molar-refractivity contribution in [3.63, 3.8) is 0 Å². The van der Waals surface area contributed by atoms with Crippen molar-refractivity contribution in [1.29, 1.82) is 0 Å². The molecule has 1 atom stereocenters. The smallest absolute Gasteiger partial charge is 0.254 e. The van der Waals surface area contributed by atoms with E-state index in [1.807, 2.05) is 12.1 Å². The Morgan fingerprint density at radius 3 is 3.00 bits per heavy atom. The molecule has 0 bridgehead atoms. The van der Waals surface area contributed by atoms with Gasteiger partial charge < -0.3 is 15.2 Å². The number of hydrogen-bond donors (Lipinski definition) is 2. The summed E-state index contributed by atoms with van der Waals surface area (Å²) in [5.41, 5.74) is 1.93. The molecule has 1 heterocycles. The maximum absolute atomic E-state index is 12.1. The molecule has 22 heavy (non-hydrogen) atoms. The lowest BCUT2D eigenvalue weighted by Gasteiger charge is -2.10. The van der Waals surface area contributed by atoms with E-state index in [-0.39, 0.29) is 19.1 Å². The first kappa shape index (κ1) is 16.5. The first-order valence-corrected chi connectivity index (χ1v) is 7.16. The van der Waals surface area contributed by atoms with Crippen LogP contribution in [0.15, 0.2) is 30.5 Å². The number of hydrogen-bond acceptors (Lipinski definition) is 4. The van der Waals surface area contributed by atoms with Crippen LogP contribution >= 0.6 is 11.6 Å². The molecule has 1 aromatic heterocycles. The SMILES string of the molecule is COCC(O)CNC(=O)c1cnn(-c2cccc(Cl)c2)c1C. The minimum Gasteiger partial charge on any atom is -0.389 e. The minimum atomic E-state index is -0.739. The van der Waals surface area contributed by atoms with Crippen LogP contribution in [-0.2, 0) is 4.74 Å². The number of carbonyl (C=O) groups is 1. The summed E-state index contributed by atoms with van der Waals surface area (Å²) in [4.78, 5) is 12.1. The maximum Gasteiger partial charge on any atom is 0.254 e. The van der Waals surface area contributed by atoms with Crippen molar-refractivity contribution in [3.05, 3.63) is 46.7 Å². The van der Waals surface area contributed by atoms with E-state index >= 15 is 0 Å². The Labute approximate surface area is 133 Å². The first-order valence-electron chi connectivity index (χ1n) is 6.78. The number of nitrogens with zero attached hydrogens (tertiary/aromatic N) is 2. The normalized spacial score (nSPS) is 12.2. The Morgan fingerprint density at radius 2 is 2.32 bits per heavy atom. The lowest BCUT2D eigenvalue weighted by molar-refractivity contribution is 0.0609. The number of benzene rings is 1. The van der Waals surface area contributed by atoms with Crippen LogP contribution in [0.2, 0.25) is 5.02 Å². The van der Waals surface area contributed by atoms with Gasteiger partial charge in [-0.25, -0.2) is 4.68 Å². The van der Waals surface area contributed by atoms with Gasteiger partial charge in [-0.15, -0.1) is 0 Å². The molecule has 1 unspecified atom stereocenters. The summed E-state index contributed by atoms with van der Waals surface area (Å²) in [6.45, 7) is 2.09. The molecule has 0 saturated heterocycles. The number of carbonyl (C=O) groups excluding carboxylic acids is 1. The van der Waals surface area contributed by atoms with E-state index in [0.29, 0.717) is 16.3 Å². The number of aliphatic hydroxyl groups excluding tert-OH is 1. The maximum atomic E-state index is 12.1. The van der Waals surface area contributed by atoms with E-state index in [9.17, 15) is 9.90 Å². The fourth-order valence-corrected chi connectivity index (χ4v) is 2.24. The van der Waals surface area contributed by atoms with Gasteiger partial charge in [0.2, 0.25) is 0 Å². The standard InChI is InChI=1S/C15H18ClN3O3/c1-10-14(15(21)17-7-13(20)9-22-2)8-18-19(10)12-5-3-4-11(16)6-12/h3-6,8,13,20H,7,9H2,1-2H3,(H,17,21). The fourth-order valence-electron chi connectivity index (χ4n) is 2.06. The van der Waals surface area contributed by atoms with Crippen molar-refractivity contribution >= 4 is 17.5 Å². The second-order valence-electron chi connectivity index (χ2n) is 4.85. The van der Waals surface area contributed by atoms with Crippen molar-refractivity contribution in [2.75, 3.05) is 20.3 Å². The molecule has 1 amide bonds. The molecular weight excluding hydrogens is 306 g/mol. The highest BCUT2D eigenvalue weighted by atomic mass is 35.5. The van der Waals surface area contributed by atoms with Gasteiger partial charge in [-0.1, -0.05) is 17.7 Å². The Hall–Kier alpha value is -1.89. The van der Waals surface area contributed by atoms with Crippen LogP contribution in [0.25, 0.3) is 5.69 Å². The molecule has 0 radical (unpaired) electrons. The van der Waals surface area contributed by atoms with Crippen LogP contribution in [0.4, 0.5) is 0 Å². The zero-order chi connectivity index (χ0) is 16.1. The number of ether oxygens (including phenoxy) is 1. The van der Waals surface area contributed by atoms with Crippen molar-refractivity contribution in [3.8, 4) is 5.69 Å². The predicted octanol–water partition coefficient (Wildman–Crippen LogP) is 1.57. The molecule has 118 valence electrons. The molecule has 2 aromatic rings. The van der Waals surface area contributed by atoms with Crippen molar-refractivity contribution < 1.29 is 14.6 Å². The molecule has 0 fully saturated rings. The number of aromatic nitrogens is 2. The highest BCUT2D eigenvalue weighted by Crippen LogP contribution is 2.17. The molecular formula is C15H18ClN3O3. The molecule has 0 aliphatic rings. The number of nitrogens with one attached hydrogen (secondary N) is 1. The molecule has 1 aromatic carbocycles. The number of aliphatic hydroxyl groups is 1. The average Bonchev–Trinajstić information content (AvgIpc) is 2.87. The fraction of sp³-hybridized carbons (Fsp3) is 0.333. The van der Waals surface area contributed by atoms with Gasteiger partial charge in [-0.2, -0.15) is 5.10 Å². The third kappa shape index (κ3) is 3.85. The summed E-state index contributed by atoms with van der Waals surface area (Å²) in [5, 5.41) is 17.0. The lowest BCUT2D eigenvalue weighted by atomic mass is 10.2. The highest BCUT2D eigenvalue weighted by Gasteiger charge is 2.16. The van der Waals surface area contributed by atoms with Crippen LogP contribution in [0.5, 0.6) is 0 Å². The van der Waals surface area contributed by atoms with Crippen molar-refractivity contribution in [1.82, 2.24) is 15.1 Å². The Morgan fingerprint density at radius 1 is 1.55 bits per heavy atom. The largest absolute Gasteiger partial charge is 0.389 e. The van der Waals surface area contributed by atoms with Crippen LogP contribution in [0, 0.1) is 6.92 Å². The van der Waals surface area contributed by atoms with Gasteiger partial charge >= 0.3 is 0 Å². The third-order valence-electron chi connectivity index (χ3n) is 3.16. The van der Waals surface area contributed by atoms with E-state index in [0.717, 1.165) is 5.69 Å². The number of methoxy groups -OCH3 is 1. The van der Waals surface area contributed by atoms with E-state index < -0.39 is 6.10 Å². The van der Waals surface area contributed by atoms with Gasteiger partial charge in [0.15, 0.2) is 0 Å². The van der Waals surface area contributed by atoms with Crippen LogP contribution < -0.4 is 5.32 Å². The van der Waals surface area contributed by atoms with E-state index in [4.69, 9.17) is 16.3 Å². The molecule has 2 rings (SSSR count). The number of rotatable bonds is 6. The monoisotopic (exact) mass is 323 g/mol. The predicted molar refractivity (Wildman–Crippen MR) is 83.5 cm³/mol. The van der Waals surface area contributed by atoms with Crippen LogP contribution in [0.3, 0.4) is 0 Å². The number of halogens is 1. The molecule has 0 spiro atoms. The summed E-state index contributed by atoms with van der Waals surface area (Å²) < 4.78 is 6.45. The zero-order valence-electron chi connectivity index (χ0n) is 12.4. The van der Waals surface area contributed by atoms with E-state index in [2.05, 4.69) is 10.4 Å². The van der Waals surface area contributed by atoms with E-state index in [1.165, 1.54) is 13.3 Å². The number of amides is 1. The minimum absolute atomic E-state index is 0.120. The first-order chi connectivity index (χ1) is 10.5. The molecule has 0 aliphatic carbocycles. The Bertz CT molecular complexity index is 657. The van der Waals surface area contributed by atoms with Crippen LogP contribution in [-0.4, -0.2) is 47.2 Å². The van der Waals surface area contributed by atoms with Gasteiger partial charge in [-0.05, 0) is 25.1 Å². The van der Waals surface area contributed by atoms with Gasteiger partial charge in [-0.3, -0.25) is 4.79 Å². The topological polar surface area (TPSA) is 76.4 Å². The molecule has 6 nitrogen and oxygen atoms in total. The summed E-state index contributed by atoms with van der Waals surface area (Å²) in [6, 6.07) is 7.22. The summed E-state index contributed by atoms with van der Waals surface area (Å²) >= 11 is 5.97. The Balaban J connectivity index is 2.12. The second-order valence-corrected chi connectivity index (χ2v) is 5.29. The van der Waals surface area contributed by atoms with Crippen LogP contribution in [0.1, 0.15) is 16.1 Å². The quantitative estimate of drug-likeness (QED) is 0.846. The highest BCUT2D eigenvalue weighted by molar-refractivity contribution is 6.30. The molecule has 0 saturated carbocycles. The lowest BCUT2D eigenvalue weighted by Crippen LogP contribution is -2.34. The second kappa shape index (κ2) is 7.40. The van der Waals surface area contributed by atoms with Gasteiger partial charge in [0.05, 0.1) is 35.9 Å².